The Morgan fingerprint density at radius 1 is 1.46 bits per heavy atom. The predicted octanol–water partition coefficient (Wildman–Crippen LogP) is 3.94. The minimum absolute atomic E-state index is 0. The molecule has 0 aromatic carbocycles. The van der Waals surface area contributed by atoms with Gasteiger partial charge < -0.3 is 14.6 Å². The Labute approximate surface area is 165 Å². The highest BCUT2D eigenvalue weighted by Crippen LogP contribution is 2.10. The summed E-state index contributed by atoms with van der Waals surface area (Å²) < 4.78 is 5.37. The Morgan fingerprint density at radius 2 is 2.25 bits per heavy atom. The Morgan fingerprint density at radius 3 is 2.83 bits per heavy atom. The Bertz CT molecular complexity index is 610. The van der Waals surface area contributed by atoms with Crippen LogP contribution in [0, 0.1) is 12.8 Å². The van der Waals surface area contributed by atoms with E-state index in [9.17, 15) is 0 Å². The summed E-state index contributed by atoms with van der Waals surface area (Å²) in [6.07, 6.45) is 2.55. The summed E-state index contributed by atoms with van der Waals surface area (Å²) in [6.45, 7) is 8.74. The lowest BCUT2D eigenvalue weighted by Gasteiger charge is -2.22. The van der Waals surface area contributed by atoms with Crippen LogP contribution in [-0.4, -0.2) is 36.0 Å². The van der Waals surface area contributed by atoms with Gasteiger partial charge >= 0.3 is 0 Å². The number of aryl methyl sites for hydroxylation is 1. The first-order chi connectivity index (χ1) is 11.0. The monoisotopic (exact) mass is 462 g/mol. The molecule has 0 aliphatic rings. The molecule has 0 radical (unpaired) electrons. The van der Waals surface area contributed by atoms with Crippen LogP contribution >= 0.6 is 35.3 Å². The fourth-order valence-corrected chi connectivity index (χ4v) is 2.74. The molecule has 0 unspecified atom stereocenters. The quantitative estimate of drug-likeness (QED) is 0.385. The molecule has 2 heterocycles. The van der Waals surface area contributed by atoms with Gasteiger partial charge in [0.2, 0.25) is 0 Å². The third kappa shape index (κ3) is 7.21. The lowest BCUT2D eigenvalue weighted by atomic mass is 10.2. The fourth-order valence-electron chi connectivity index (χ4n) is 2.13. The van der Waals surface area contributed by atoms with E-state index in [1.807, 2.05) is 26.1 Å². The van der Waals surface area contributed by atoms with Gasteiger partial charge in [0.15, 0.2) is 5.96 Å². The summed E-state index contributed by atoms with van der Waals surface area (Å²) in [5.74, 6) is 2.43. The van der Waals surface area contributed by atoms with E-state index in [2.05, 4.69) is 34.4 Å². The van der Waals surface area contributed by atoms with Crippen LogP contribution < -0.4 is 5.32 Å². The Balaban J connectivity index is 0.00000288. The van der Waals surface area contributed by atoms with Crippen molar-refractivity contribution in [3.63, 3.8) is 0 Å². The third-order valence-corrected chi connectivity index (χ3v) is 4.09. The topological polar surface area (TPSA) is 53.7 Å². The molecule has 2 rings (SSSR count). The average molecular weight is 462 g/mol. The predicted molar refractivity (Wildman–Crippen MR) is 111 cm³/mol. The van der Waals surface area contributed by atoms with Crippen LogP contribution in [0.1, 0.15) is 30.3 Å². The highest BCUT2D eigenvalue weighted by molar-refractivity contribution is 14.0. The van der Waals surface area contributed by atoms with E-state index >= 15 is 0 Å². The average Bonchev–Trinajstić information content (AvgIpc) is 3.14. The van der Waals surface area contributed by atoms with E-state index in [0.29, 0.717) is 5.92 Å². The maximum Gasteiger partial charge on any atom is 0.194 e. The third-order valence-electron chi connectivity index (χ3n) is 3.27. The zero-order chi connectivity index (χ0) is 16.7. The molecule has 0 aliphatic carbocycles. The second-order valence-electron chi connectivity index (χ2n) is 6.03. The number of furan rings is 1. The summed E-state index contributed by atoms with van der Waals surface area (Å²) >= 11 is 1.68. The first kappa shape index (κ1) is 21.0. The first-order valence-corrected chi connectivity index (χ1v) is 8.85. The zero-order valence-corrected chi connectivity index (χ0v) is 17.9. The number of aliphatic imine (C=N–C) groups is 1. The zero-order valence-electron chi connectivity index (χ0n) is 14.8. The van der Waals surface area contributed by atoms with Crippen molar-refractivity contribution >= 4 is 41.3 Å². The molecule has 0 aliphatic heterocycles. The van der Waals surface area contributed by atoms with Crippen molar-refractivity contribution in [3.05, 3.63) is 40.2 Å². The first-order valence-electron chi connectivity index (χ1n) is 7.97. The van der Waals surface area contributed by atoms with Crippen LogP contribution in [0.25, 0.3) is 0 Å². The molecule has 0 atom stereocenters. The lowest BCUT2D eigenvalue weighted by Crippen LogP contribution is -2.39. The summed E-state index contributed by atoms with van der Waals surface area (Å²) in [4.78, 5) is 11.4. The van der Waals surface area contributed by atoms with Crippen molar-refractivity contribution in [2.24, 2.45) is 10.9 Å². The van der Waals surface area contributed by atoms with E-state index in [0.717, 1.165) is 48.5 Å². The van der Waals surface area contributed by atoms with Crippen molar-refractivity contribution in [1.82, 2.24) is 15.2 Å². The lowest BCUT2D eigenvalue weighted by molar-refractivity contribution is 0.461. The molecule has 24 heavy (non-hydrogen) atoms. The van der Waals surface area contributed by atoms with Gasteiger partial charge in [-0.05, 0) is 25.0 Å². The summed E-state index contributed by atoms with van der Waals surface area (Å²) in [5.41, 5.74) is 1.08. The van der Waals surface area contributed by atoms with Crippen molar-refractivity contribution in [1.29, 1.82) is 0 Å². The number of nitrogens with one attached hydrogen (secondary N) is 1. The van der Waals surface area contributed by atoms with Crippen LogP contribution in [0.4, 0.5) is 0 Å². The van der Waals surface area contributed by atoms with Crippen molar-refractivity contribution in [2.75, 3.05) is 20.1 Å². The van der Waals surface area contributed by atoms with E-state index < -0.39 is 0 Å². The minimum atomic E-state index is 0. The molecule has 0 bridgehead atoms. The molecule has 1 N–H and O–H groups in total. The Kier molecular flexibility index (Phi) is 9.35. The van der Waals surface area contributed by atoms with Gasteiger partial charge in [-0.3, -0.25) is 4.99 Å². The molecular weight excluding hydrogens is 435 g/mol. The van der Waals surface area contributed by atoms with Gasteiger partial charge in [0.1, 0.15) is 5.76 Å². The normalized spacial score (nSPS) is 11.5. The van der Waals surface area contributed by atoms with Crippen LogP contribution in [0.2, 0.25) is 0 Å². The van der Waals surface area contributed by atoms with Crippen molar-refractivity contribution < 1.29 is 4.42 Å². The fraction of sp³-hybridized carbons (Fsp3) is 0.529. The minimum Gasteiger partial charge on any atom is -0.469 e. The Hall–Kier alpha value is -1.09. The van der Waals surface area contributed by atoms with Gasteiger partial charge in [-0.15, -0.1) is 35.3 Å². The molecule has 0 spiro atoms. The van der Waals surface area contributed by atoms with E-state index in [-0.39, 0.29) is 24.0 Å². The molecular formula is C17H27IN4OS. The number of rotatable bonds is 7. The highest BCUT2D eigenvalue weighted by Gasteiger charge is 2.10. The maximum absolute atomic E-state index is 5.37. The number of halogens is 1. The highest BCUT2D eigenvalue weighted by atomic mass is 127. The summed E-state index contributed by atoms with van der Waals surface area (Å²) in [5, 5.41) is 6.63. The smallest absolute Gasteiger partial charge is 0.194 e. The SMILES string of the molecule is Cc1nc(CN(C)C(=NCC(C)C)NCCc2ccco2)cs1.I. The van der Waals surface area contributed by atoms with Gasteiger partial charge in [-0.1, -0.05) is 13.8 Å². The van der Waals surface area contributed by atoms with Crippen LogP contribution in [-0.2, 0) is 13.0 Å². The van der Waals surface area contributed by atoms with Gasteiger partial charge in [0, 0.05) is 31.9 Å². The van der Waals surface area contributed by atoms with Gasteiger partial charge in [0.25, 0.3) is 0 Å². The molecule has 0 fully saturated rings. The van der Waals surface area contributed by atoms with Crippen LogP contribution in [0.15, 0.2) is 33.2 Å². The molecule has 7 heteroatoms. The molecule has 2 aromatic heterocycles. The molecule has 2 aromatic rings. The molecule has 0 saturated carbocycles. The number of hydrogen-bond acceptors (Lipinski definition) is 4. The van der Waals surface area contributed by atoms with E-state index in [4.69, 9.17) is 9.41 Å². The molecule has 0 saturated heterocycles. The number of nitrogens with zero attached hydrogens (tertiary/aromatic N) is 3. The second kappa shape index (κ2) is 10.7. The maximum atomic E-state index is 5.37. The summed E-state index contributed by atoms with van der Waals surface area (Å²) in [7, 11) is 2.05. The standard InChI is InChI=1S/C17H26N4OS.HI/c1-13(2)10-19-17(18-8-7-16-6-5-9-22-16)21(4)11-15-12-23-14(3)20-15;/h5-6,9,12-13H,7-8,10-11H2,1-4H3,(H,18,19);1H. The molecule has 0 amide bonds. The van der Waals surface area contributed by atoms with Gasteiger partial charge in [-0.2, -0.15) is 0 Å². The van der Waals surface area contributed by atoms with Crippen LogP contribution in [0.5, 0.6) is 0 Å². The second-order valence-corrected chi connectivity index (χ2v) is 7.09. The molecule has 5 nitrogen and oxygen atoms in total. The number of thiazole rings is 1. The van der Waals surface area contributed by atoms with Crippen molar-refractivity contribution in [3.8, 4) is 0 Å². The van der Waals surface area contributed by atoms with E-state index in [1.165, 1.54) is 0 Å². The van der Waals surface area contributed by atoms with Gasteiger partial charge in [0.05, 0.1) is 23.5 Å². The number of hydrogen-bond donors (Lipinski definition) is 1. The van der Waals surface area contributed by atoms with E-state index in [1.54, 1.807) is 17.6 Å². The molecule has 134 valence electrons. The van der Waals surface area contributed by atoms with Crippen molar-refractivity contribution in [2.45, 2.75) is 33.7 Å². The number of aromatic nitrogens is 1. The number of guanidine groups is 1. The van der Waals surface area contributed by atoms with Gasteiger partial charge in [-0.25, -0.2) is 4.98 Å². The summed E-state index contributed by atoms with van der Waals surface area (Å²) in [6, 6.07) is 3.91. The van der Waals surface area contributed by atoms with Crippen LogP contribution in [0.3, 0.4) is 0 Å². The largest absolute Gasteiger partial charge is 0.469 e.